The summed E-state index contributed by atoms with van der Waals surface area (Å²) in [5.41, 5.74) is 0.869. The number of aromatic nitrogens is 3. The molecule has 0 atom stereocenters. The second kappa shape index (κ2) is 6.27. The molecule has 3 aromatic rings. The normalized spacial score (nSPS) is 10.5. The fourth-order valence-corrected chi connectivity index (χ4v) is 2.13. The minimum absolute atomic E-state index is 0.200. The minimum atomic E-state index is -0.518. The van der Waals surface area contributed by atoms with E-state index in [9.17, 15) is 9.59 Å². The number of carbonyl (C=O) groups is 1. The van der Waals surface area contributed by atoms with E-state index in [1.165, 1.54) is 17.7 Å². The van der Waals surface area contributed by atoms with Crippen LogP contribution < -0.4 is 10.9 Å². The summed E-state index contributed by atoms with van der Waals surface area (Å²) < 4.78 is 5.89. The fourth-order valence-electron chi connectivity index (χ4n) is 2.13. The maximum Gasteiger partial charge on any atom is 0.325 e. The molecule has 23 heavy (non-hydrogen) atoms. The highest BCUT2D eigenvalue weighted by Gasteiger charge is 2.10. The van der Waals surface area contributed by atoms with E-state index in [4.69, 9.17) is 0 Å². The maximum atomic E-state index is 12.0. The largest absolute Gasteiger partial charge is 0.468 e. The first-order chi connectivity index (χ1) is 11.2. The number of rotatable bonds is 4. The van der Waals surface area contributed by atoms with Crippen LogP contribution in [-0.4, -0.2) is 27.6 Å². The predicted molar refractivity (Wildman–Crippen MR) is 85.5 cm³/mol. The van der Waals surface area contributed by atoms with Crippen molar-refractivity contribution < 1.29 is 9.53 Å². The van der Waals surface area contributed by atoms with Gasteiger partial charge in [-0.2, -0.15) is 4.98 Å². The van der Waals surface area contributed by atoms with Crippen LogP contribution in [0.15, 0.2) is 53.5 Å². The van der Waals surface area contributed by atoms with Gasteiger partial charge in [0.2, 0.25) is 5.95 Å². The van der Waals surface area contributed by atoms with Gasteiger partial charge in [0.15, 0.2) is 0 Å². The summed E-state index contributed by atoms with van der Waals surface area (Å²) in [6.07, 6.45) is 1.60. The molecule has 0 aliphatic heterocycles. The molecule has 0 spiro atoms. The zero-order chi connectivity index (χ0) is 16.2. The number of carbonyl (C=O) groups excluding carboxylic acids is 1. The molecule has 7 heteroatoms. The first-order valence-electron chi connectivity index (χ1n) is 6.93. The van der Waals surface area contributed by atoms with Crippen LogP contribution in [0.4, 0.5) is 11.6 Å². The van der Waals surface area contributed by atoms with Crippen molar-refractivity contribution in [1.29, 1.82) is 0 Å². The topological polar surface area (TPSA) is 86.1 Å². The molecule has 0 fully saturated rings. The van der Waals surface area contributed by atoms with Crippen LogP contribution in [0.2, 0.25) is 0 Å². The van der Waals surface area contributed by atoms with Crippen molar-refractivity contribution in [2.24, 2.45) is 0 Å². The van der Waals surface area contributed by atoms with E-state index in [0.29, 0.717) is 17.0 Å². The number of anilines is 2. The Morgan fingerprint density at radius 3 is 2.74 bits per heavy atom. The summed E-state index contributed by atoms with van der Waals surface area (Å²) in [4.78, 5) is 32.1. The van der Waals surface area contributed by atoms with E-state index in [2.05, 4.69) is 20.0 Å². The lowest BCUT2D eigenvalue weighted by Gasteiger charge is -2.10. The number of para-hydroxylation sites is 1. The van der Waals surface area contributed by atoms with Crippen LogP contribution in [0.25, 0.3) is 11.0 Å². The Labute approximate surface area is 131 Å². The van der Waals surface area contributed by atoms with Crippen LogP contribution >= 0.6 is 0 Å². The molecule has 3 rings (SSSR count). The average Bonchev–Trinajstić information content (AvgIpc) is 2.58. The van der Waals surface area contributed by atoms with Crippen LogP contribution in [0.5, 0.6) is 0 Å². The van der Waals surface area contributed by atoms with Gasteiger partial charge in [0, 0.05) is 23.3 Å². The van der Waals surface area contributed by atoms with Crippen molar-refractivity contribution in [3.8, 4) is 0 Å². The Morgan fingerprint density at radius 1 is 1.22 bits per heavy atom. The summed E-state index contributed by atoms with van der Waals surface area (Å²) >= 11 is 0. The molecule has 0 amide bonds. The molecular formula is C16H14N4O3. The van der Waals surface area contributed by atoms with Gasteiger partial charge in [0.05, 0.1) is 7.11 Å². The standard InChI is InChI=1S/C16H14N4O3/c1-23-14(22)10-20-13(21)8-7-11-9-17-16(19-15(11)20)18-12-5-3-2-4-6-12/h2-9H,10H2,1H3,(H,17,18,19). The third-order valence-corrected chi connectivity index (χ3v) is 3.27. The molecule has 2 aromatic heterocycles. The Kier molecular flexibility index (Phi) is 4.01. The molecule has 2 heterocycles. The van der Waals surface area contributed by atoms with E-state index < -0.39 is 5.97 Å². The van der Waals surface area contributed by atoms with Crippen LogP contribution in [-0.2, 0) is 16.1 Å². The van der Waals surface area contributed by atoms with Gasteiger partial charge in [-0.1, -0.05) is 18.2 Å². The number of hydrogen-bond acceptors (Lipinski definition) is 6. The van der Waals surface area contributed by atoms with Gasteiger partial charge in [-0.15, -0.1) is 0 Å². The molecule has 0 radical (unpaired) electrons. The van der Waals surface area contributed by atoms with Crippen molar-refractivity contribution in [3.05, 3.63) is 59.0 Å². The summed E-state index contributed by atoms with van der Waals surface area (Å²) in [7, 11) is 1.27. The Bertz CT molecular complexity index is 906. The minimum Gasteiger partial charge on any atom is -0.468 e. The van der Waals surface area contributed by atoms with Gasteiger partial charge in [-0.25, -0.2) is 4.98 Å². The lowest BCUT2D eigenvalue weighted by Crippen LogP contribution is -2.25. The SMILES string of the molecule is COC(=O)Cn1c(=O)ccc2cnc(Nc3ccccc3)nc21. The molecule has 0 aliphatic rings. The molecule has 7 nitrogen and oxygen atoms in total. The van der Waals surface area contributed by atoms with Crippen molar-refractivity contribution in [1.82, 2.24) is 14.5 Å². The number of fused-ring (bicyclic) bond motifs is 1. The number of esters is 1. The van der Waals surface area contributed by atoms with Gasteiger partial charge in [-0.3, -0.25) is 14.2 Å². The second-order valence-corrected chi connectivity index (χ2v) is 4.80. The summed E-state index contributed by atoms with van der Waals surface area (Å²) in [6, 6.07) is 12.4. The highest BCUT2D eigenvalue weighted by atomic mass is 16.5. The molecular weight excluding hydrogens is 296 g/mol. The lowest BCUT2D eigenvalue weighted by molar-refractivity contribution is -0.141. The molecule has 1 N–H and O–H groups in total. The monoisotopic (exact) mass is 310 g/mol. The third-order valence-electron chi connectivity index (χ3n) is 3.27. The second-order valence-electron chi connectivity index (χ2n) is 4.80. The molecule has 0 bridgehead atoms. The Hall–Kier alpha value is -3.22. The zero-order valence-corrected chi connectivity index (χ0v) is 12.4. The molecule has 0 aliphatic carbocycles. The van der Waals surface area contributed by atoms with Crippen LogP contribution in [0.3, 0.4) is 0 Å². The molecule has 0 unspecified atom stereocenters. The molecule has 1 aromatic carbocycles. The molecule has 116 valence electrons. The summed E-state index contributed by atoms with van der Waals surface area (Å²) in [5.74, 6) is -0.177. The quantitative estimate of drug-likeness (QED) is 0.738. The van der Waals surface area contributed by atoms with E-state index in [1.54, 1.807) is 12.3 Å². The zero-order valence-electron chi connectivity index (χ0n) is 12.4. The smallest absolute Gasteiger partial charge is 0.325 e. The number of nitrogens with zero attached hydrogens (tertiary/aromatic N) is 3. The van der Waals surface area contributed by atoms with E-state index >= 15 is 0 Å². The lowest BCUT2D eigenvalue weighted by atomic mass is 10.3. The Morgan fingerprint density at radius 2 is 2.00 bits per heavy atom. The number of nitrogens with one attached hydrogen (secondary N) is 1. The van der Waals surface area contributed by atoms with E-state index in [1.807, 2.05) is 30.3 Å². The van der Waals surface area contributed by atoms with Gasteiger partial charge in [0.25, 0.3) is 5.56 Å². The van der Waals surface area contributed by atoms with Crippen molar-refractivity contribution in [2.75, 3.05) is 12.4 Å². The number of methoxy groups -OCH3 is 1. The number of hydrogen-bond donors (Lipinski definition) is 1. The summed E-state index contributed by atoms with van der Waals surface area (Å²) in [6.45, 7) is -0.200. The van der Waals surface area contributed by atoms with E-state index in [0.717, 1.165) is 5.69 Å². The van der Waals surface area contributed by atoms with Crippen LogP contribution in [0, 0.1) is 0 Å². The van der Waals surface area contributed by atoms with Crippen molar-refractivity contribution >= 4 is 28.6 Å². The average molecular weight is 310 g/mol. The fraction of sp³-hybridized carbons (Fsp3) is 0.125. The predicted octanol–water partition coefficient (Wildman–Crippen LogP) is 1.71. The number of pyridine rings is 1. The maximum absolute atomic E-state index is 12.0. The first-order valence-corrected chi connectivity index (χ1v) is 6.93. The van der Waals surface area contributed by atoms with Gasteiger partial charge in [0.1, 0.15) is 12.2 Å². The summed E-state index contributed by atoms with van der Waals surface area (Å²) in [5, 5.41) is 3.72. The van der Waals surface area contributed by atoms with Crippen LogP contribution in [0.1, 0.15) is 0 Å². The Balaban J connectivity index is 2.05. The number of ether oxygens (including phenoxy) is 1. The van der Waals surface area contributed by atoms with Crippen molar-refractivity contribution in [2.45, 2.75) is 6.54 Å². The highest BCUT2D eigenvalue weighted by Crippen LogP contribution is 2.15. The molecule has 0 saturated heterocycles. The van der Waals surface area contributed by atoms with Crippen molar-refractivity contribution in [3.63, 3.8) is 0 Å². The van der Waals surface area contributed by atoms with Gasteiger partial charge < -0.3 is 10.1 Å². The van der Waals surface area contributed by atoms with E-state index in [-0.39, 0.29) is 12.1 Å². The number of benzene rings is 1. The molecule has 0 saturated carbocycles. The highest BCUT2D eigenvalue weighted by molar-refractivity contribution is 5.78. The third kappa shape index (κ3) is 3.18. The first kappa shape index (κ1) is 14.7. The van der Waals surface area contributed by atoms with Gasteiger partial charge in [-0.05, 0) is 18.2 Å². The van der Waals surface area contributed by atoms with Gasteiger partial charge >= 0.3 is 5.97 Å².